The summed E-state index contributed by atoms with van der Waals surface area (Å²) in [6.07, 6.45) is 0. The SMILES string of the molecule is CC(=O)N1CCN(c2ccccc2NC(=O)c2ccc(C)o2)CC1. The van der Waals surface area contributed by atoms with E-state index in [9.17, 15) is 9.59 Å². The van der Waals surface area contributed by atoms with Gasteiger partial charge in [0.05, 0.1) is 11.4 Å². The van der Waals surface area contributed by atoms with Crippen molar-refractivity contribution in [2.75, 3.05) is 36.4 Å². The van der Waals surface area contributed by atoms with Gasteiger partial charge in [0.15, 0.2) is 5.76 Å². The Morgan fingerprint density at radius 1 is 1.04 bits per heavy atom. The normalized spacial score (nSPS) is 14.6. The number of benzene rings is 1. The van der Waals surface area contributed by atoms with E-state index in [1.54, 1.807) is 26.0 Å². The van der Waals surface area contributed by atoms with E-state index in [-0.39, 0.29) is 11.8 Å². The van der Waals surface area contributed by atoms with Gasteiger partial charge in [-0.15, -0.1) is 0 Å². The van der Waals surface area contributed by atoms with Crippen molar-refractivity contribution in [1.29, 1.82) is 0 Å². The Kier molecular flexibility index (Phi) is 4.55. The largest absolute Gasteiger partial charge is 0.456 e. The van der Waals surface area contributed by atoms with Crippen LogP contribution in [-0.2, 0) is 4.79 Å². The van der Waals surface area contributed by atoms with Crippen LogP contribution in [0.1, 0.15) is 23.2 Å². The summed E-state index contributed by atoms with van der Waals surface area (Å²) in [5.74, 6) is 0.833. The molecule has 1 aromatic carbocycles. The Hall–Kier alpha value is -2.76. The lowest BCUT2D eigenvalue weighted by molar-refractivity contribution is -0.129. The molecule has 1 N–H and O–H groups in total. The molecule has 2 amide bonds. The van der Waals surface area contributed by atoms with E-state index in [0.29, 0.717) is 24.6 Å². The van der Waals surface area contributed by atoms with E-state index in [1.807, 2.05) is 29.2 Å². The summed E-state index contributed by atoms with van der Waals surface area (Å²) in [6.45, 7) is 6.26. The first-order valence-electron chi connectivity index (χ1n) is 8.02. The molecular formula is C18H21N3O3. The molecule has 1 aliphatic heterocycles. The van der Waals surface area contributed by atoms with Crippen molar-refractivity contribution in [3.8, 4) is 0 Å². The Balaban J connectivity index is 1.74. The van der Waals surface area contributed by atoms with E-state index < -0.39 is 0 Å². The molecule has 3 rings (SSSR count). The van der Waals surface area contributed by atoms with Gasteiger partial charge in [0.2, 0.25) is 5.91 Å². The highest BCUT2D eigenvalue weighted by atomic mass is 16.3. The van der Waals surface area contributed by atoms with Crippen LogP contribution in [0.25, 0.3) is 0 Å². The van der Waals surface area contributed by atoms with Gasteiger partial charge in [0, 0.05) is 33.1 Å². The number of aryl methyl sites for hydroxylation is 1. The number of carbonyl (C=O) groups excluding carboxylic acids is 2. The molecule has 0 saturated carbocycles. The van der Waals surface area contributed by atoms with Gasteiger partial charge in [0.25, 0.3) is 5.91 Å². The maximum Gasteiger partial charge on any atom is 0.291 e. The molecular weight excluding hydrogens is 306 g/mol. The van der Waals surface area contributed by atoms with Gasteiger partial charge in [-0.1, -0.05) is 12.1 Å². The molecule has 24 heavy (non-hydrogen) atoms. The summed E-state index contributed by atoms with van der Waals surface area (Å²) >= 11 is 0. The fourth-order valence-electron chi connectivity index (χ4n) is 2.86. The molecule has 1 fully saturated rings. The molecule has 2 heterocycles. The third-order valence-electron chi connectivity index (χ3n) is 4.18. The highest BCUT2D eigenvalue weighted by Gasteiger charge is 2.21. The number of nitrogens with zero attached hydrogens (tertiary/aromatic N) is 2. The topological polar surface area (TPSA) is 65.8 Å². The smallest absolute Gasteiger partial charge is 0.291 e. The second-order valence-corrected chi connectivity index (χ2v) is 5.87. The Morgan fingerprint density at radius 3 is 2.38 bits per heavy atom. The predicted molar refractivity (Wildman–Crippen MR) is 92.3 cm³/mol. The van der Waals surface area contributed by atoms with Crippen molar-refractivity contribution in [1.82, 2.24) is 4.90 Å². The third kappa shape index (κ3) is 3.42. The number of amides is 2. The van der Waals surface area contributed by atoms with Gasteiger partial charge in [-0.3, -0.25) is 9.59 Å². The van der Waals surface area contributed by atoms with Gasteiger partial charge in [-0.05, 0) is 31.2 Å². The van der Waals surface area contributed by atoms with Crippen molar-refractivity contribution in [2.45, 2.75) is 13.8 Å². The zero-order valence-electron chi connectivity index (χ0n) is 13.9. The summed E-state index contributed by atoms with van der Waals surface area (Å²) < 4.78 is 5.37. The predicted octanol–water partition coefficient (Wildman–Crippen LogP) is 2.51. The highest BCUT2D eigenvalue weighted by Crippen LogP contribution is 2.27. The zero-order valence-corrected chi connectivity index (χ0v) is 13.9. The molecule has 1 aliphatic rings. The monoisotopic (exact) mass is 327 g/mol. The maximum atomic E-state index is 12.3. The number of rotatable bonds is 3. The number of piperazine rings is 1. The van der Waals surface area contributed by atoms with Gasteiger partial charge < -0.3 is 19.5 Å². The summed E-state index contributed by atoms with van der Waals surface area (Å²) in [7, 11) is 0. The fraction of sp³-hybridized carbons (Fsp3) is 0.333. The van der Waals surface area contributed by atoms with Gasteiger partial charge in [-0.2, -0.15) is 0 Å². The molecule has 126 valence electrons. The molecule has 0 bridgehead atoms. The van der Waals surface area contributed by atoms with Gasteiger partial charge in [0.1, 0.15) is 5.76 Å². The molecule has 1 aromatic heterocycles. The fourth-order valence-corrected chi connectivity index (χ4v) is 2.86. The highest BCUT2D eigenvalue weighted by molar-refractivity contribution is 6.04. The molecule has 6 heteroatoms. The quantitative estimate of drug-likeness (QED) is 0.941. The van der Waals surface area contributed by atoms with E-state index >= 15 is 0 Å². The number of furan rings is 1. The lowest BCUT2D eigenvalue weighted by Gasteiger charge is -2.36. The first kappa shape index (κ1) is 16.1. The number of nitrogens with one attached hydrogen (secondary N) is 1. The van der Waals surface area contributed by atoms with Crippen molar-refractivity contribution in [2.24, 2.45) is 0 Å². The number of carbonyl (C=O) groups is 2. The van der Waals surface area contributed by atoms with Crippen LogP contribution in [0.5, 0.6) is 0 Å². The average Bonchev–Trinajstić information content (AvgIpc) is 3.02. The van der Waals surface area contributed by atoms with Crippen molar-refractivity contribution < 1.29 is 14.0 Å². The van der Waals surface area contributed by atoms with Gasteiger partial charge in [-0.25, -0.2) is 0 Å². The van der Waals surface area contributed by atoms with Crippen molar-refractivity contribution >= 4 is 23.2 Å². The molecule has 0 spiro atoms. The summed E-state index contributed by atoms with van der Waals surface area (Å²) in [6, 6.07) is 11.1. The minimum atomic E-state index is -0.266. The van der Waals surface area contributed by atoms with Gasteiger partial charge >= 0.3 is 0 Å². The molecule has 0 unspecified atom stereocenters. The number of anilines is 2. The van der Waals surface area contributed by atoms with E-state index in [1.165, 1.54) is 0 Å². The first-order chi connectivity index (χ1) is 11.5. The average molecular weight is 327 g/mol. The molecule has 1 saturated heterocycles. The summed E-state index contributed by atoms with van der Waals surface area (Å²) in [4.78, 5) is 27.8. The van der Waals surface area contributed by atoms with Crippen LogP contribution in [0.2, 0.25) is 0 Å². The van der Waals surface area contributed by atoms with E-state index in [4.69, 9.17) is 4.42 Å². The minimum Gasteiger partial charge on any atom is -0.456 e. The van der Waals surface area contributed by atoms with E-state index in [2.05, 4.69) is 10.2 Å². The molecule has 2 aromatic rings. The Bertz CT molecular complexity index is 745. The molecule has 0 aliphatic carbocycles. The Labute approximate surface area is 141 Å². The van der Waals surface area contributed by atoms with Crippen LogP contribution in [0.3, 0.4) is 0 Å². The van der Waals surface area contributed by atoms with Crippen LogP contribution >= 0.6 is 0 Å². The maximum absolute atomic E-state index is 12.3. The lowest BCUT2D eigenvalue weighted by atomic mass is 10.2. The van der Waals surface area contributed by atoms with Crippen LogP contribution < -0.4 is 10.2 Å². The number of hydrogen-bond donors (Lipinski definition) is 1. The number of para-hydroxylation sites is 2. The van der Waals surface area contributed by atoms with Crippen molar-refractivity contribution in [3.05, 3.63) is 47.9 Å². The van der Waals surface area contributed by atoms with Crippen LogP contribution in [0, 0.1) is 6.92 Å². The van der Waals surface area contributed by atoms with Crippen LogP contribution in [0.4, 0.5) is 11.4 Å². The molecule has 6 nitrogen and oxygen atoms in total. The third-order valence-corrected chi connectivity index (χ3v) is 4.18. The standard InChI is InChI=1S/C18H21N3O3/c1-13-7-8-17(24-13)18(23)19-15-5-3-4-6-16(15)21-11-9-20(10-12-21)14(2)22/h3-8H,9-12H2,1-2H3,(H,19,23). The first-order valence-corrected chi connectivity index (χ1v) is 8.02. The summed E-state index contributed by atoms with van der Waals surface area (Å²) in [5.41, 5.74) is 1.70. The van der Waals surface area contributed by atoms with Crippen LogP contribution in [0.15, 0.2) is 40.8 Å². The minimum absolute atomic E-state index is 0.101. The second kappa shape index (κ2) is 6.78. The molecule has 0 radical (unpaired) electrons. The van der Waals surface area contributed by atoms with E-state index in [0.717, 1.165) is 24.5 Å². The second-order valence-electron chi connectivity index (χ2n) is 5.87. The number of hydrogen-bond acceptors (Lipinski definition) is 4. The summed E-state index contributed by atoms with van der Waals surface area (Å²) in [5, 5.41) is 2.92. The Morgan fingerprint density at radius 2 is 1.75 bits per heavy atom. The zero-order chi connectivity index (χ0) is 17.1. The van der Waals surface area contributed by atoms with Crippen LogP contribution in [-0.4, -0.2) is 42.9 Å². The molecule has 0 atom stereocenters. The lowest BCUT2D eigenvalue weighted by Crippen LogP contribution is -2.48. The van der Waals surface area contributed by atoms with Crippen molar-refractivity contribution in [3.63, 3.8) is 0 Å².